The lowest BCUT2D eigenvalue weighted by Gasteiger charge is -2.10. The van der Waals surface area contributed by atoms with E-state index >= 15 is 0 Å². The van der Waals surface area contributed by atoms with Gasteiger partial charge in [0.05, 0.1) is 0 Å². The Bertz CT molecular complexity index is 2850. The molecule has 0 fully saturated rings. The Balaban J connectivity index is 1.14. The Morgan fingerprint density at radius 1 is 0.300 bits per heavy atom. The lowest BCUT2D eigenvalue weighted by molar-refractivity contribution is 0.668. The monoisotopic (exact) mass is 641 g/mol. The number of fused-ring (bicyclic) bond motifs is 6. The number of para-hydroxylation sites is 1. The summed E-state index contributed by atoms with van der Waals surface area (Å²) in [5.41, 5.74) is 10.6. The van der Waals surface area contributed by atoms with Crippen molar-refractivity contribution < 1.29 is 8.83 Å². The van der Waals surface area contributed by atoms with E-state index in [-0.39, 0.29) is 0 Å². The second kappa shape index (κ2) is 11.4. The molecule has 0 atom stereocenters. The van der Waals surface area contributed by atoms with Gasteiger partial charge in [0, 0.05) is 38.2 Å². The topological polar surface area (TPSA) is 65.0 Å². The molecule has 10 aromatic rings. The fourth-order valence-electron chi connectivity index (χ4n) is 6.88. The number of benzene rings is 7. The molecular weight excluding hydrogens is 615 g/mol. The number of nitrogens with zero attached hydrogens (tertiary/aromatic N) is 3. The quantitative estimate of drug-likeness (QED) is 0.187. The van der Waals surface area contributed by atoms with Gasteiger partial charge in [0.25, 0.3) is 0 Å². The predicted octanol–water partition coefficient (Wildman–Crippen LogP) is 12.0. The SMILES string of the molecule is c1ccc(-c2ccc(-c3nc(-c4ccccc4)nc(-c4cccc5oc6ccc(-c7ccc8oc9ccccc9c8c7)cc6c45)n3)cc2)cc1. The first-order valence-corrected chi connectivity index (χ1v) is 16.6. The molecule has 0 aliphatic rings. The maximum absolute atomic E-state index is 6.42. The standard InChI is InChI=1S/C45H27N3O2/c1-3-10-28(11-4-1)29-18-20-31(21-19-29)44-46-43(30-12-5-2-6-13-30)47-45(48-44)35-15-9-17-41-42(35)37-27-33(23-25-40(37)50-41)32-22-24-39-36(26-32)34-14-7-8-16-38(34)49-39/h1-27H. The maximum atomic E-state index is 6.42. The van der Waals surface area contributed by atoms with E-state index in [0.29, 0.717) is 17.5 Å². The number of aromatic nitrogens is 3. The summed E-state index contributed by atoms with van der Waals surface area (Å²) in [6, 6.07) is 55.8. The molecule has 10 rings (SSSR count). The molecular formula is C45H27N3O2. The van der Waals surface area contributed by atoms with Gasteiger partial charge in [0.1, 0.15) is 22.3 Å². The highest BCUT2D eigenvalue weighted by Gasteiger charge is 2.19. The van der Waals surface area contributed by atoms with Crippen LogP contribution in [0.2, 0.25) is 0 Å². The third kappa shape index (κ3) is 4.75. The highest BCUT2D eigenvalue weighted by Crippen LogP contribution is 2.39. The van der Waals surface area contributed by atoms with Gasteiger partial charge in [-0.3, -0.25) is 0 Å². The van der Waals surface area contributed by atoms with Crippen LogP contribution in [0.3, 0.4) is 0 Å². The molecule has 3 aromatic heterocycles. The molecule has 0 saturated carbocycles. The zero-order valence-electron chi connectivity index (χ0n) is 26.7. The van der Waals surface area contributed by atoms with Crippen LogP contribution in [0.1, 0.15) is 0 Å². The van der Waals surface area contributed by atoms with E-state index in [2.05, 4.69) is 97.1 Å². The van der Waals surface area contributed by atoms with Gasteiger partial charge in [0.15, 0.2) is 17.5 Å². The van der Waals surface area contributed by atoms with E-state index in [9.17, 15) is 0 Å². The Hall–Kier alpha value is -6.85. The molecule has 234 valence electrons. The minimum absolute atomic E-state index is 0.589. The molecule has 0 N–H and O–H groups in total. The van der Waals surface area contributed by atoms with Crippen molar-refractivity contribution in [3.05, 3.63) is 164 Å². The zero-order valence-corrected chi connectivity index (χ0v) is 26.7. The lowest BCUT2D eigenvalue weighted by Crippen LogP contribution is -2.00. The van der Waals surface area contributed by atoms with Crippen molar-refractivity contribution in [3.8, 4) is 56.4 Å². The van der Waals surface area contributed by atoms with Gasteiger partial charge >= 0.3 is 0 Å². The molecule has 0 radical (unpaired) electrons. The second-order valence-electron chi connectivity index (χ2n) is 12.4. The van der Waals surface area contributed by atoms with Gasteiger partial charge in [-0.25, -0.2) is 15.0 Å². The summed E-state index contributed by atoms with van der Waals surface area (Å²) in [4.78, 5) is 15.1. The highest BCUT2D eigenvalue weighted by molar-refractivity contribution is 6.13. The Morgan fingerprint density at radius 3 is 1.52 bits per heavy atom. The smallest absolute Gasteiger partial charge is 0.164 e. The zero-order chi connectivity index (χ0) is 33.0. The number of furan rings is 2. The molecule has 7 aromatic carbocycles. The minimum atomic E-state index is 0.589. The molecule has 5 nitrogen and oxygen atoms in total. The van der Waals surface area contributed by atoms with Gasteiger partial charge in [-0.05, 0) is 58.7 Å². The summed E-state index contributed by atoms with van der Waals surface area (Å²) in [7, 11) is 0. The van der Waals surface area contributed by atoms with E-state index in [1.807, 2.05) is 66.7 Å². The van der Waals surface area contributed by atoms with Crippen LogP contribution in [0.4, 0.5) is 0 Å². The lowest BCUT2D eigenvalue weighted by atomic mass is 9.99. The third-order valence-electron chi connectivity index (χ3n) is 9.36. The van der Waals surface area contributed by atoms with Crippen LogP contribution in [0.15, 0.2) is 173 Å². The summed E-state index contributed by atoms with van der Waals surface area (Å²) < 4.78 is 12.5. The first kappa shape index (κ1) is 28.2. The Morgan fingerprint density at radius 2 is 0.780 bits per heavy atom. The van der Waals surface area contributed by atoms with Gasteiger partial charge in [-0.1, -0.05) is 127 Å². The van der Waals surface area contributed by atoms with Crippen molar-refractivity contribution in [2.75, 3.05) is 0 Å². The minimum Gasteiger partial charge on any atom is -0.456 e. The average molecular weight is 642 g/mol. The van der Waals surface area contributed by atoms with Crippen LogP contribution >= 0.6 is 0 Å². The van der Waals surface area contributed by atoms with Gasteiger partial charge in [-0.2, -0.15) is 0 Å². The molecule has 0 spiro atoms. The molecule has 3 heterocycles. The molecule has 0 aliphatic heterocycles. The average Bonchev–Trinajstić information content (AvgIpc) is 3.76. The van der Waals surface area contributed by atoms with E-state index in [4.69, 9.17) is 23.8 Å². The summed E-state index contributed by atoms with van der Waals surface area (Å²) in [5, 5.41) is 4.17. The van der Waals surface area contributed by atoms with Crippen molar-refractivity contribution in [1.29, 1.82) is 0 Å². The van der Waals surface area contributed by atoms with Crippen LogP contribution in [-0.2, 0) is 0 Å². The predicted molar refractivity (Wildman–Crippen MR) is 202 cm³/mol. The van der Waals surface area contributed by atoms with Crippen LogP contribution < -0.4 is 0 Å². The van der Waals surface area contributed by atoms with Gasteiger partial charge in [0.2, 0.25) is 0 Å². The maximum Gasteiger partial charge on any atom is 0.164 e. The number of rotatable bonds is 5. The first-order chi connectivity index (χ1) is 24.7. The second-order valence-corrected chi connectivity index (χ2v) is 12.4. The Labute approximate surface area is 287 Å². The van der Waals surface area contributed by atoms with Gasteiger partial charge < -0.3 is 8.83 Å². The van der Waals surface area contributed by atoms with E-state index < -0.39 is 0 Å². The van der Waals surface area contributed by atoms with E-state index in [0.717, 1.165) is 82.8 Å². The molecule has 0 bridgehead atoms. The summed E-state index contributed by atoms with van der Waals surface area (Å²) in [6.45, 7) is 0. The highest BCUT2D eigenvalue weighted by atomic mass is 16.3. The van der Waals surface area contributed by atoms with Crippen molar-refractivity contribution in [2.45, 2.75) is 0 Å². The van der Waals surface area contributed by atoms with Crippen LogP contribution in [0, 0.1) is 0 Å². The molecule has 50 heavy (non-hydrogen) atoms. The largest absolute Gasteiger partial charge is 0.456 e. The van der Waals surface area contributed by atoms with Crippen molar-refractivity contribution in [3.63, 3.8) is 0 Å². The fraction of sp³-hybridized carbons (Fsp3) is 0. The van der Waals surface area contributed by atoms with Crippen LogP contribution in [0.25, 0.3) is 100 Å². The molecule has 5 heteroatoms. The molecule has 0 saturated heterocycles. The van der Waals surface area contributed by atoms with E-state index in [1.165, 1.54) is 0 Å². The molecule has 0 amide bonds. The van der Waals surface area contributed by atoms with Crippen molar-refractivity contribution in [2.24, 2.45) is 0 Å². The van der Waals surface area contributed by atoms with E-state index in [1.54, 1.807) is 0 Å². The first-order valence-electron chi connectivity index (χ1n) is 16.6. The Kier molecular flexibility index (Phi) is 6.42. The summed E-state index contributed by atoms with van der Waals surface area (Å²) >= 11 is 0. The van der Waals surface area contributed by atoms with Crippen molar-refractivity contribution >= 4 is 43.9 Å². The number of hydrogen-bond donors (Lipinski definition) is 0. The summed E-state index contributed by atoms with van der Waals surface area (Å²) in [6.07, 6.45) is 0. The van der Waals surface area contributed by atoms with Crippen LogP contribution in [0.5, 0.6) is 0 Å². The molecule has 0 aliphatic carbocycles. The molecule has 0 unspecified atom stereocenters. The number of hydrogen-bond acceptors (Lipinski definition) is 5. The van der Waals surface area contributed by atoms with Gasteiger partial charge in [-0.15, -0.1) is 0 Å². The summed E-state index contributed by atoms with van der Waals surface area (Å²) in [5.74, 6) is 1.81. The van der Waals surface area contributed by atoms with Crippen molar-refractivity contribution in [1.82, 2.24) is 15.0 Å². The third-order valence-corrected chi connectivity index (χ3v) is 9.36. The fourth-order valence-corrected chi connectivity index (χ4v) is 6.88. The normalized spacial score (nSPS) is 11.6. The van der Waals surface area contributed by atoms with Crippen LogP contribution in [-0.4, -0.2) is 15.0 Å².